The van der Waals surface area contributed by atoms with Gasteiger partial charge in [0.2, 0.25) is 11.8 Å². The number of nitrogens with one attached hydrogen (secondary N) is 1. The number of hydrogen-bond acceptors (Lipinski definition) is 3. The van der Waals surface area contributed by atoms with Gasteiger partial charge in [0.15, 0.2) is 0 Å². The van der Waals surface area contributed by atoms with Gasteiger partial charge in [-0.1, -0.05) is 67.1 Å². The van der Waals surface area contributed by atoms with Crippen LogP contribution in [0, 0.1) is 0 Å². The van der Waals surface area contributed by atoms with Crippen LogP contribution in [0.1, 0.15) is 63.9 Å². The molecular formula is C27H33Cl3N2O3. The number of hydrogen-bond donors (Lipinski definition) is 1. The molecule has 1 N–H and O–H groups in total. The molecule has 2 amide bonds. The van der Waals surface area contributed by atoms with E-state index in [2.05, 4.69) is 5.32 Å². The first-order valence-corrected chi connectivity index (χ1v) is 13.4. The summed E-state index contributed by atoms with van der Waals surface area (Å²) in [5.74, 6) is 0.513. The second-order valence-electron chi connectivity index (χ2n) is 8.94. The Kier molecular flexibility index (Phi) is 11.0. The molecule has 3 rings (SSSR count). The summed E-state index contributed by atoms with van der Waals surface area (Å²) in [7, 11) is 0. The molecule has 5 nitrogen and oxygen atoms in total. The molecule has 0 saturated heterocycles. The fourth-order valence-electron chi connectivity index (χ4n) is 4.39. The molecule has 1 atom stereocenters. The van der Waals surface area contributed by atoms with Crippen LogP contribution in [0.2, 0.25) is 15.1 Å². The second-order valence-corrected chi connectivity index (χ2v) is 10.2. The maximum Gasteiger partial charge on any atom is 0.243 e. The lowest BCUT2D eigenvalue weighted by Gasteiger charge is -2.33. The number of halogens is 3. The summed E-state index contributed by atoms with van der Waals surface area (Å²) in [4.78, 5) is 28.3. The molecule has 190 valence electrons. The zero-order chi connectivity index (χ0) is 25.2. The third-order valence-corrected chi connectivity index (χ3v) is 7.28. The predicted octanol–water partition coefficient (Wildman–Crippen LogP) is 7.06. The van der Waals surface area contributed by atoms with Crippen LogP contribution in [0.25, 0.3) is 0 Å². The zero-order valence-corrected chi connectivity index (χ0v) is 22.3. The second kappa shape index (κ2) is 14.0. The van der Waals surface area contributed by atoms with Gasteiger partial charge >= 0.3 is 0 Å². The van der Waals surface area contributed by atoms with E-state index in [0.717, 1.165) is 31.2 Å². The highest BCUT2D eigenvalue weighted by Crippen LogP contribution is 2.25. The molecule has 0 aromatic heterocycles. The van der Waals surface area contributed by atoms with Gasteiger partial charge < -0.3 is 15.0 Å². The first-order valence-electron chi connectivity index (χ1n) is 12.3. The Labute approximate surface area is 223 Å². The fraction of sp³-hybridized carbons (Fsp3) is 0.481. The van der Waals surface area contributed by atoms with E-state index in [1.165, 1.54) is 6.42 Å². The zero-order valence-electron chi connectivity index (χ0n) is 20.1. The van der Waals surface area contributed by atoms with Gasteiger partial charge in [-0.3, -0.25) is 9.59 Å². The van der Waals surface area contributed by atoms with Crippen molar-refractivity contribution in [3.8, 4) is 5.75 Å². The molecule has 35 heavy (non-hydrogen) atoms. The summed E-state index contributed by atoms with van der Waals surface area (Å²) in [6.45, 7) is 2.60. The minimum atomic E-state index is -0.559. The summed E-state index contributed by atoms with van der Waals surface area (Å²) in [6, 6.07) is 12.0. The van der Waals surface area contributed by atoms with E-state index in [4.69, 9.17) is 39.5 Å². The lowest BCUT2D eigenvalue weighted by Crippen LogP contribution is -2.51. The average Bonchev–Trinajstić information content (AvgIpc) is 2.85. The summed E-state index contributed by atoms with van der Waals surface area (Å²) < 4.78 is 5.73. The van der Waals surface area contributed by atoms with Crippen LogP contribution in [0.3, 0.4) is 0 Å². The van der Waals surface area contributed by atoms with Gasteiger partial charge in [0.05, 0.1) is 16.7 Å². The van der Waals surface area contributed by atoms with Crippen molar-refractivity contribution in [2.24, 2.45) is 0 Å². The summed E-state index contributed by atoms with van der Waals surface area (Å²) in [6.07, 6.45) is 6.76. The van der Waals surface area contributed by atoms with E-state index in [0.29, 0.717) is 40.3 Å². The molecule has 0 aliphatic heterocycles. The molecular weight excluding hydrogens is 507 g/mol. The topological polar surface area (TPSA) is 58.6 Å². The van der Waals surface area contributed by atoms with Crippen LogP contribution in [0.5, 0.6) is 5.75 Å². The molecule has 1 fully saturated rings. The third-order valence-electron chi connectivity index (χ3n) is 6.29. The van der Waals surface area contributed by atoms with Crippen molar-refractivity contribution in [1.29, 1.82) is 0 Å². The van der Waals surface area contributed by atoms with Gasteiger partial charge in [-0.2, -0.15) is 0 Å². The van der Waals surface area contributed by atoms with Gasteiger partial charge in [0, 0.05) is 24.0 Å². The van der Waals surface area contributed by atoms with Crippen LogP contribution in [-0.2, 0) is 16.1 Å². The minimum absolute atomic E-state index is 0.0924. The standard InChI is InChI=1S/C27H33Cl3N2O3/c1-2-25(27(34)31-21-7-4-3-5-8-21)32(18-19-10-15-23(29)24(30)17-19)26(33)9-6-16-35-22-13-11-20(28)12-14-22/h10-15,17,21,25H,2-9,16,18H2,1H3,(H,31,34)/t25-/m0/s1. The molecule has 2 aromatic rings. The number of carbonyl (C=O) groups excluding carboxylic acids is 2. The van der Waals surface area contributed by atoms with E-state index >= 15 is 0 Å². The van der Waals surface area contributed by atoms with Crippen molar-refractivity contribution in [3.63, 3.8) is 0 Å². The molecule has 0 radical (unpaired) electrons. The number of ether oxygens (including phenoxy) is 1. The highest BCUT2D eigenvalue weighted by Gasteiger charge is 2.30. The highest BCUT2D eigenvalue weighted by molar-refractivity contribution is 6.42. The van der Waals surface area contributed by atoms with E-state index in [1.807, 2.05) is 13.0 Å². The molecule has 0 heterocycles. The van der Waals surface area contributed by atoms with Gasteiger partial charge in [-0.15, -0.1) is 0 Å². The summed E-state index contributed by atoms with van der Waals surface area (Å²) >= 11 is 18.2. The normalized spacial score (nSPS) is 14.9. The number of carbonyl (C=O) groups is 2. The molecule has 1 aliphatic rings. The Hall–Kier alpha value is -1.95. The Morgan fingerprint density at radius 2 is 1.74 bits per heavy atom. The number of rotatable bonds is 11. The monoisotopic (exact) mass is 538 g/mol. The molecule has 0 spiro atoms. The average molecular weight is 540 g/mol. The molecule has 0 unspecified atom stereocenters. The van der Waals surface area contributed by atoms with Crippen molar-refractivity contribution < 1.29 is 14.3 Å². The maximum absolute atomic E-state index is 13.4. The van der Waals surface area contributed by atoms with Crippen molar-refractivity contribution in [1.82, 2.24) is 10.2 Å². The Balaban J connectivity index is 1.67. The molecule has 8 heteroatoms. The summed E-state index contributed by atoms with van der Waals surface area (Å²) in [5, 5.41) is 4.71. The summed E-state index contributed by atoms with van der Waals surface area (Å²) in [5.41, 5.74) is 0.828. The maximum atomic E-state index is 13.4. The Bertz CT molecular complexity index is 978. The minimum Gasteiger partial charge on any atom is -0.494 e. The smallest absolute Gasteiger partial charge is 0.243 e. The quantitative estimate of drug-likeness (QED) is 0.311. The number of benzene rings is 2. The van der Waals surface area contributed by atoms with Crippen LogP contribution in [-0.4, -0.2) is 35.4 Å². The highest BCUT2D eigenvalue weighted by atomic mass is 35.5. The van der Waals surface area contributed by atoms with E-state index in [1.54, 1.807) is 41.3 Å². The molecule has 1 saturated carbocycles. The van der Waals surface area contributed by atoms with Crippen LogP contribution >= 0.6 is 34.8 Å². The first-order chi connectivity index (χ1) is 16.9. The van der Waals surface area contributed by atoms with E-state index < -0.39 is 6.04 Å². The molecule has 1 aliphatic carbocycles. The Morgan fingerprint density at radius 1 is 1.03 bits per heavy atom. The van der Waals surface area contributed by atoms with Crippen LogP contribution < -0.4 is 10.1 Å². The molecule has 2 aromatic carbocycles. The van der Waals surface area contributed by atoms with Crippen molar-refractivity contribution >= 4 is 46.6 Å². The van der Waals surface area contributed by atoms with Gasteiger partial charge in [-0.05, 0) is 67.6 Å². The number of nitrogens with zero attached hydrogens (tertiary/aromatic N) is 1. The van der Waals surface area contributed by atoms with Crippen molar-refractivity contribution in [2.75, 3.05) is 6.61 Å². The predicted molar refractivity (Wildman–Crippen MR) is 142 cm³/mol. The van der Waals surface area contributed by atoms with Crippen molar-refractivity contribution in [3.05, 3.63) is 63.1 Å². The lowest BCUT2D eigenvalue weighted by molar-refractivity contribution is -0.142. The van der Waals surface area contributed by atoms with Gasteiger partial charge in [-0.25, -0.2) is 0 Å². The largest absolute Gasteiger partial charge is 0.494 e. The van der Waals surface area contributed by atoms with Crippen LogP contribution in [0.4, 0.5) is 0 Å². The lowest BCUT2D eigenvalue weighted by atomic mass is 9.95. The van der Waals surface area contributed by atoms with Crippen molar-refractivity contribution in [2.45, 2.75) is 76.9 Å². The third kappa shape index (κ3) is 8.59. The number of amides is 2. The van der Waals surface area contributed by atoms with E-state index in [-0.39, 0.29) is 30.8 Å². The van der Waals surface area contributed by atoms with Gasteiger partial charge in [0.1, 0.15) is 11.8 Å². The Morgan fingerprint density at radius 3 is 2.40 bits per heavy atom. The van der Waals surface area contributed by atoms with Crippen LogP contribution in [0.15, 0.2) is 42.5 Å². The van der Waals surface area contributed by atoms with E-state index in [9.17, 15) is 9.59 Å². The fourth-order valence-corrected chi connectivity index (χ4v) is 4.83. The SMILES string of the molecule is CC[C@@H](C(=O)NC1CCCCC1)N(Cc1ccc(Cl)c(Cl)c1)C(=O)CCCOc1ccc(Cl)cc1. The first kappa shape index (κ1) is 27.6. The van der Waals surface area contributed by atoms with Gasteiger partial charge in [0.25, 0.3) is 0 Å². The molecule has 0 bridgehead atoms.